The fraction of sp³-hybridized carbons (Fsp3) is 0.417. The van der Waals surface area contributed by atoms with Crippen LogP contribution >= 0.6 is 23.1 Å². The lowest BCUT2D eigenvalue weighted by molar-refractivity contribution is -0.118. The van der Waals surface area contributed by atoms with Crippen molar-refractivity contribution in [2.75, 3.05) is 43.9 Å². The summed E-state index contributed by atoms with van der Waals surface area (Å²) in [7, 11) is 1.67. The van der Waals surface area contributed by atoms with E-state index in [0.29, 0.717) is 13.0 Å². The second-order valence-electron chi connectivity index (χ2n) is 7.16. The largest absolute Gasteiger partial charge is 0.497 e. The van der Waals surface area contributed by atoms with E-state index in [1.165, 1.54) is 4.90 Å². The lowest BCUT2D eigenvalue weighted by Crippen LogP contribution is -2.38. The molecule has 5 nitrogen and oxygen atoms in total. The SMILES string of the molecule is CCN(CC)CCN(C(=O)CCCSc1ccc(OC)cc1)c1nc2ccccc2s1. The maximum Gasteiger partial charge on any atom is 0.228 e. The molecule has 0 fully saturated rings. The molecule has 0 saturated heterocycles. The van der Waals surface area contributed by atoms with Gasteiger partial charge in [-0.3, -0.25) is 9.69 Å². The number of amides is 1. The molecule has 31 heavy (non-hydrogen) atoms. The molecule has 0 aliphatic heterocycles. The third-order valence-corrected chi connectivity index (χ3v) is 7.37. The lowest BCUT2D eigenvalue weighted by atomic mass is 10.3. The van der Waals surface area contributed by atoms with Crippen molar-refractivity contribution < 1.29 is 9.53 Å². The summed E-state index contributed by atoms with van der Waals surface area (Å²) in [5, 5.41) is 0.807. The monoisotopic (exact) mass is 457 g/mol. The standard InChI is InChI=1S/C24H31N3O2S2/c1-4-26(5-2)16-17-27(24-25-21-9-6-7-10-22(21)31-24)23(28)11-8-18-30-20-14-12-19(29-3)13-15-20/h6-7,9-10,12-15H,4-5,8,11,16-18H2,1-3H3. The maximum absolute atomic E-state index is 13.2. The number of likely N-dealkylation sites (N-methyl/N-ethyl adjacent to an activating group) is 1. The van der Waals surface area contributed by atoms with Gasteiger partial charge < -0.3 is 9.64 Å². The molecule has 0 aliphatic carbocycles. The highest BCUT2D eigenvalue weighted by Crippen LogP contribution is 2.29. The third kappa shape index (κ3) is 6.69. The maximum atomic E-state index is 13.2. The molecule has 0 aliphatic rings. The molecule has 3 aromatic rings. The number of rotatable bonds is 12. The quantitative estimate of drug-likeness (QED) is 0.263. The van der Waals surface area contributed by atoms with E-state index in [0.717, 1.165) is 52.9 Å². The van der Waals surface area contributed by atoms with Crippen LogP contribution in [0.4, 0.5) is 5.13 Å². The summed E-state index contributed by atoms with van der Waals surface area (Å²) in [5.74, 6) is 1.92. The second-order valence-corrected chi connectivity index (χ2v) is 9.34. The number of anilines is 1. The third-order valence-electron chi connectivity index (χ3n) is 5.21. The highest BCUT2D eigenvalue weighted by molar-refractivity contribution is 7.99. The van der Waals surface area contributed by atoms with Gasteiger partial charge in [-0.25, -0.2) is 4.98 Å². The van der Waals surface area contributed by atoms with Crippen molar-refractivity contribution in [1.29, 1.82) is 0 Å². The molecular formula is C24H31N3O2S2. The topological polar surface area (TPSA) is 45.7 Å². The summed E-state index contributed by atoms with van der Waals surface area (Å²) in [5.41, 5.74) is 0.957. The van der Waals surface area contributed by atoms with Crippen molar-refractivity contribution in [3.63, 3.8) is 0 Å². The van der Waals surface area contributed by atoms with E-state index in [2.05, 4.69) is 36.9 Å². The Morgan fingerprint density at radius 3 is 2.48 bits per heavy atom. The predicted molar refractivity (Wildman–Crippen MR) is 133 cm³/mol. The van der Waals surface area contributed by atoms with Crippen LogP contribution in [0.3, 0.4) is 0 Å². The predicted octanol–water partition coefficient (Wildman–Crippen LogP) is 5.55. The number of nitrogens with zero attached hydrogens (tertiary/aromatic N) is 3. The molecule has 1 aromatic heterocycles. The lowest BCUT2D eigenvalue weighted by Gasteiger charge is -2.24. The first-order chi connectivity index (χ1) is 15.1. The fourth-order valence-electron chi connectivity index (χ4n) is 3.30. The zero-order valence-electron chi connectivity index (χ0n) is 18.5. The summed E-state index contributed by atoms with van der Waals surface area (Å²) < 4.78 is 6.32. The van der Waals surface area contributed by atoms with Gasteiger partial charge in [0.15, 0.2) is 5.13 Å². The van der Waals surface area contributed by atoms with E-state index in [-0.39, 0.29) is 5.91 Å². The summed E-state index contributed by atoms with van der Waals surface area (Å²) in [6.07, 6.45) is 1.36. The number of para-hydroxylation sites is 1. The first-order valence-corrected chi connectivity index (χ1v) is 12.6. The normalized spacial score (nSPS) is 11.2. The average molecular weight is 458 g/mol. The van der Waals surface area contributed by atoms with Crippen LogP contribution in [0.1, 0.15) is 26.7 Å². The van der Waals surface area contributed by atoms with Gasteiger partial charge in [-0.05, 0) is 61.7 Å². The Morgan fingerprint density at radius 1 is 1.06 bits per heavy atom. The van der Waals surface area contributed by atoms with Gasteiger partial charge in [-0.1, -0.05) is 37.3 Å². The van der Waals surface area contributed by atoms with Gasteiger partial charge in [0, 0.05) is 24.4 Å². The summed E-state index contributed by atoms with van der Waals surface area (Å²) in [4.78, 5) is 23.3. The highest BCUT2D eigenvalue weighted by atomic mass is 32.2. The Labute approximate surface area is 193 Å². The smallest absolute Gasteiger partial charge is 0.228 e. The average Bonchev–Trinajstić information content (AvgIpc) is 3.23. The van der Waals surface area contributed by atoms with Crippen LogP contribution in [0.15, 0.2) is 53.4 Å². The number of hydrogen-bond donors (Lipinski definition) is 0. The zero-order valence-corrected chi connectivity index (χ0v) is 20.2. The van der Waals surface area contributed by atoms with Crippen LogP contribution in [0.5, 0.6) is 5.75 Å². The Balaban J connectivity index is 1.60. The van der Waals surface area contributed by atoms with Crippen molar-refractivity contribution in [2.24, 2.45) is 0 Å². The van der Waals surface area contributed by atoms with Crippen LogP contribution in [0, 0.1) is 0 Å². The Kier molecular flexibility index (Phi) is 9.18. The number of thiazole rings is 1. The molecule has 0 spiro atoms. The first kappa shape index (κ1) is 23.6. The van der Waals surface area contributed by atoms with E-state index < -0.39 is 0 Å². The Morgan fingerprint density at radius 2 is 1.81 bits per heavy atom. The van der Waals surface area contributed by atoms with Crippen LogP contribution in [-0.2, 0) is 4.79 Å². The minimum Gasteiger partial charge on any atom is -0.497 e. The summed E-state index contributed by atoms with van der Waals surface area (Å²) >= 11 is 3.37. The molecule has 166 valence electrons. The van der Waals surface area contributed by atoms with E-state index in [1.54, 1.807) is 30.2 Å². The molecule has 0 unspecified atom stereocenters. The number of benzene rings is 2. The highest BCUT2D eigenvalue weighted by Gasteiger charge is 2.20. The number of ether oxygens (including phenoxy) is 1. The van der Waals surface area contributed by atoms with Crippen LogP contribution < -0.4 is 9.64 Å². The van der Waals surface area contributed by atoms with Gasteiger partial charge in [-0.15, -0.1) is 11.8 Å². The number of thioether (sulfide) groups is 1. The van der Waals surface area contributed by atoms with E-state index in [4.69, 9.17) is 9.72 Å². The Bertz CT molecular complexity index is 922. The van der Waals surface area contributed by atoms with Crippen molar-refractivity contribution >= 4 is 44.4 Å². The molecule has 0 saturated carbocycles. The molecule has 1 heterocycles. The number of fused-ring (bicyclic) bond motifs is 1. The van der Waals surface area contributed by atoms with E-state index in [9.17, 15) is 4.79 Å². The van der Waals surface area contributed by atoms with Crippen LogP contribution in [0.25, 0.3) is 10.2 Å². The minimum atomic E-state index is 0.154. The van der Waals surface area contributed by atoms with Gasteiger partial charge in [0.1, 0.15) is 5.75 Å². The number of aromatic nitrogens is 1. The van der Waals surface area contributed by atoms with Crippen molar-refractivity contribution in [3.8, 4) is 5.75 Å². The van der Waals surface area contributed by atoms with Gasteiger partial charge in [0.2, 0.25) is 5.91 Å². The van der Waals surface area contributed by atoms with Gasteiger partial charge >= 0.3 is 0 Å². The Hall–Kier alpha value is -2.09. The molecule has 0 bridgehead atoms. The summed E-state index contributed by atoms with van der Waals surface area (Å²) in [6.45, 7) is 7.81. The van der Waals surface area contributed by atoms with Gasteiger partial charge in [0.25, 0.3) is 0 Å². The van der Waals surface area contributed by atoms with Crippen molar-refractivity contribution in [1.82, 2.24) is 9.88 Å². The number of carbonyl (C=O) groups is 1. The summed E-state index contributed by atoms with van der Waals surface area (Å²) in [6, 6.07) is 16.1. The minimum absolute atomic E-state index is 0.154. The van der Waals surface area contributed by atoms with Gasteiger partial charge in [-0.2, -0.15) is 0 Å². The molecule has 7 heteroatoms. The molecular weight excluding hydrogens is 426 g/mol. The number of hydrogen-bond acceptors (Lipinski definition) is 6. The van der Waals surface area contributed by atoms with Crippen LogP contribution in [0.2, 0.25) is 0 Å². The molecule has 1 amide bonds. The number of carbonyl (C=O) groups excluding carboxylic acids is 1. The molecule has 0 radical (unpaired) electrons. The van der Waals surface area contributed by atoms with E-state index >= 15 is 0 Å². The van der Waals surface area contributed by atoms with Crippen molar-refractivity contribution in [3.05, 3.63) is 48.5 Å². The molecule has 2 aromatic carbocycles. The van der Waals surface area contributed by atoms with E-state index in [1.807, 2.05) is 35.2 Å². The molecule has 3 rings (SSSR count). The van der Waals surface area contributed by atoms with Gasteiger partial charge in [0.05, 0.1) is 17.3 Å². The fourth-order valence-corrected chi connectivity index (χ4v) is 5.17. The molecule has 0 N–H and O–H groups in total. The van der Waals surface area contributed by atoms with Crippen molar-refractivity contribution in [2.45, 2.75) is 31.6 Å². The van der Waals surface area contributed by atoms with Crippen LogP contribution in [-0.4, -0.2) is 54.8 Å². The molecule has 0 atom stereocenters. The first-order valence-electron chi connectivity index (χ1n) is 10.8. The second kappa shape index (κ2) is 12.1. The number of methoxy groups -OCH3 is 1. The zero-order chi connectivity index (χ0) is 22.1.